The second-order valence-corrected chi connectivity index (χ2v) is 5.64. The first-order chi connectivity index (χ1) is 11.6. The Morgan fingerprint density at radius 2 is 2.08 bits per heavy atom. The van der Waals surface area contributed by atoms with E-state index in [1.807, 2.05) is 19.1 Å². The third-order valence-electron chi connectivity index (χ3n) is 4.00. The van der Waals surface area contributed by atoms with Gasteiger partial charge in [0.2, 0.25) is 5.91 Å². The number of para-hydroxylation sites is 2. The molecule has 3 rings (SSSR count). The number of amides is 1. The number of carbonyl (C=O) groups is 1. The summed E-state index contributed by atoms with van der Waals surface area (Å²) in [6, 6.07) is 9.17. The van der Waals surface area contributed by atoms with Gasteiger partial charge in [0.05, 0.1) is 29.5 Å². The van der Waals surface area contributed by atoms with Gasteiger partial charge in [-0.15, -0.1) is 0 Å². The first-order valence-electron chi connectivity index (χ1n) is 7.88. The molecular formula is C17H19N5O2. The Balaban J connectivity index is 1.85. The van der Waals surface area contributed by atoms with E-state index in [0.29, 0.717) is 16.9 Å². The van der Waals surface area contributed by atoms with E-state index in [-0.39, 0.29) is 24.1 Å². The van der Waals surface area contributed by atoms with Crippen LogP contribution >= 0.6 is 0 Å². The molecule has 1 aromatic carbocycles. The van der Waals surface area contributed by atoms with E-state index in [0.717, 1.165) is 6.42 Å². The molecule has 7 nitrogen and oxygen atoms in total. The lowest BCUT2D eigenvalue weighted by molar-refractivity contribution is -0.116. The molecule has 0 radical (unpaired) electrons. The molecule has 1 N–H and O–H groups in total. The molecule has 1 amide bonds. The van der Waals surface area contributed by atoms with E-state index >= 15 is 0 Å². The second kappa shape index (κ2) is 6.66. The van der Waals surface area contributed by atoms with Crippen molar-refractivity contribution in [1.82, 2.24) is 19.3 Å². The van der Waals surface area contributed by atoms with E-state index in [9.17, 15) is 9.59 Å². The van der Waals surface area contributed by atoms with Crippen LogP contribution in [0, 0.1) is 0 Å². The van der Waals surface area contributed by atoms with E-state index in [1.165, 1.54) is 10.8 Å². The summed E-state index contributed by atoms with van der Waals surface area (Å²) < 4.78 is 3.19. The maximum Gasteiger partial charge on any atom is 0.269 e. The predicted molar refractivity (Wildman–Crippen MR) is 91.9 cm³/mol. The highest BCUT2D eigenvalue weighted by atomic mass is 16.2. The Labute approximate surface area is 138 Å². The summed E-state index contributed by atoms with van der Waals surface area (Å²) in [6.07, 6.45) is 3.79. The Bertz CT molecular complexity index is 928. The molecule has 0 saturated heterocycles. The van der Waals surface area contributed by atoms with E-state index < -0.39 is 0 Å². The number of rotatable bonds is 5. The van der Waals surface area contributed by atoms with Crippen molar-refractivity contribution in [1.29, 1.82) is 0 Å². The van der Waals surface area contributed by atoms with Gasteiger partial charge in [0, 0.05) is 6.07 Å². The highest BCUT2D eigenvalue weighted by Gasteiger charge is 2.13. The lowest BCUT2D eigenvalue weighted by Gasteiger charge is -2.15. The van der Waals surface area contributed by atoms with Gasteiger partial charge in [-0.05, 0) is 25.5 Å². The molecule has 3 aromatic rings. The summed E-state index contributed by atoms with van der Waals surface area (Å²) in [5, 5.41) is 7.07. The fourth-order valence-corrected chi connectivity index (χ4v) is 2.54. The lowest BCUT2D eigenvalue weighted by atomic mass is 10.3. The molecule has 2 aromatic heterocycles. The molecule has 2 heterocycles. The average molecular weight is 325 g/mol. The molecule has 124 valence electrons. The summed E-state index contributed by atoms with van der Waals surface area (Å²) >= 11 is 0. The van der Waals surface area contributed by atoms with Crippen molar-refractivity contribution in [3.63, 3.8) is 0 Å². The highest BCUT2D eigenvalue weighted by molar-refractivity contribution is 5.90. The first-order valence-corrected chi connectivity index (χ1v) is 7.88. The van der Waals surface area contributed by atoms with Gasteiger partial charge in [-0.2, -0.15) is 5.10 Å². The summed E-state index contributed by atoms with van der Waals surface area (Å²) in [5.41, 5.74) is 1.00. The van der Waals surface area contributed by atoms with Crippen LogP contribution in [0.1, 0.15) is 26.3 Å². The van der Waals surface area contributed by atoms with Gasteiger partial charge in [0.15, 0.2) is 0 Å². The Morgan fingerprint density at radius 3 is 2.88 bits per heavy atom. The molecule has 0 aliphatic heterocycles. The molecule has 0 aliphatic carbocycles. The summed E-state index contributed by atoms with van der Waals surface area (Å²) in [7, 11) is 0. The van der Waals surface area contributed by atoms with Crippen LogP contribution in [-0.4, -0.2) is 25.2 Å². The molecule has 1 atom stereocenters. The number of benzene rings is 1. The van der Waals surface area contributed by atoms with Crippen molar-refractivity contribution < 1.29 is 4.79 Å². The van der Waals surface area contributed by atoms with Gasteiger partial charge < -0.3 is 5.32 Å². The zero-order valence-electron chi connectivity index (χ0n) is 13.6. The Kier molecular flexibility index (Phi) is 4.41. The fraction of sp³-hybridized carbons (Fsp3) is 0.294. The van der Waals surface area contributed by atoms with Crippen LogP contribution in [-0.2, 0) is 11.3 Å². The van der Waals surface area contributed by atoms with Crippen molar-refractivity contribution in [3.05, 3.63) is 53.1 Å². The summed E-state index contributed by atoms with van der Waals surface area (Å²) in [5.74, 6) is 0.347. The number of fused-ring (bicyclic) bond motifs is 1. The zero-order chi connectivity index (χ0) is 17.1. The van der Waals surface area contributed by atoms with Crippen LogP contribution in [0.3, 0.4) is 0 Å². The molecule has 7 heteroatoms. The monoisotopic (exact) mass is 325 g/mol. The zero-order valence-corrected chi connectivity index (χ0v) is 13.6. The molecule has 0 aliphatic rings. The van der Waals surface area contributed by atoms with Gasteiger partial charge >= 0.3 is 0 Å². The molecule has 1 unspecified atom stereocenters. The van der Waals surface area contributed by atoms with Crippen LogP contribution < -0.4 is 10.9 Å². The third-order valence-corrected chi connectivity index (χ3v) is 4.00. The maximum absolute atomic E-state index is 12.4. The van der Waals surface area contributed by atoms with Crippen LogP contribution in [0.2, 0.25) is 0 Å². The van der Waals surface area contributed by atoms with Crippen molar-refractivity contribution in [2.75, 3.05) is 5.32 Å². The number of hydrogen-bond acceptors (Lipinski definition) is 4. The van der Waals surface area contributed by atoms with Gasteiger partial charge in [0.25, 0.3) is 5.56 Å². The van der Waals surface area contributed by atoms with E-state index in [4.69, 9.17) is 0 Å². The summed E-state index contributed by atoms with van der Waals surface area (Å²) in [6.45, 7) is 4.01. The molecule has 24 heavy (non-hydrogen) atoms. The fourth-order valence-electron chi connectivity index (χ4n) is 2.54. The Hall–Kier alpha value is -2.96. The lowest BCUT2D eigenvalue weighted by Crippen LogP contribution is -2.28. The number of anilines is 1. The minimum Gasteiger partial charge on any atom is -0.309 e. The number of nitrogens with one attached hydrogen (secondary N) is 1. The van der Waals surface area contributed by atoms with Gasteiger partial charge in [-0.1, -0.05) is 19.1 Å². The average Bonchev–Trinajstić information content (AvgIpc) is 3.04. The normalized spacial score (nSPS) is 12.2. The first kappa shape index (κ1) is 15.9. The summed E-state index contributed by atoms with van der Waals surface area (Å²) in [4.78, 5) is 28.6. The number of aromatic nitrogens is 4. The molecule has 0 spiro atoms. The second-order valence-electron chi connectivity index (χ2n) is 5.64. The number of carbonyl (C=O) groups excluding carboxylic acids is 1. The van der Waals surface area contributed by atoms with Crippen molar-refractivity contribution in [2.24, 2.45) is 0 Å². The van der Waals surface area contributed by atoms with Gasteiger partial charge in [-0.25, -0.2) is 9.67 Å². The minimum absolute atomic E-state index is 0.0758. The van der Waals surface area contributed by atoms with E-state index in [1.54, 1.807) is 29.1 Å². The van der Waals surface area contributed by atoms with Crippen molar-refractivity contribution in [2.45, 2.75) is 32.9 Å². The third kappa shape index (κ3) is 3.05. The molecule has 0 fully saturated rings. The standard InChI is InChI=1S/C17H19N5O2/c1-3-12(2)22-15(8-9-19-22)20-16(23)11-21-14-7-5-4-6-13(14)18-10-17(21)24/h4-10,12H,3,11H2,1-2H3,(H,20,23). The minimum atomic E-state index is -0.306. The van der Waals surface area contributed by atoms with Crippen LogP contribution in [0.4, 0.5) is 5.82 Å². The maximum atomic E-state index is 12.4. The van der Waals surface area contributed by atoms with Crippen molar-refractivity contribution in [3.8, 4) is 0 Å². The number of nitrogens with zero attached hydrogens (tertiary/aromatic N) is 4. The molecule has 0 bridgehead atoms. The SMILES string of the molecule is CCC(C)n1nccc1NC(=O)Cn1c(=O)cnc2ccccc21. The quantitative estimate of drug-likeness (QED) is 0.779. The van der Waals surface area contributed by atoms with E-state index in [2.05, 4.69) is 22.3 Å². The Morgan fingerprint density at radius 1 is 1.29 bits per heavy atom. The predicted octanol–water partition coefficient (Wildman–Crippen LogP) is 2.20. The smallest absolute Gasteiger partial charge is 0.269 e. The highest BCUT2D eigenvalue weighted by Crippen LogP contribution is 2.16. The number of hydrogen-bond donors (Lipinski definition) is 1. The van der Waals surface area contributed by atoms with Crippen LogP contribution in [0.25, 0.3) is 11.0 Å². The topological polar surface area (TPSA) is 81.8 Å². The largest absolute Gasteiger partial charge is 0.309 e. The van der Waals surface area contributed by atoms with Crippen LogP contribution in [0.15, 0.2) is 47.5 Å². The van der Waals surface area contributed by atoms with Crippen molar-refractivity contribution >= 4 is 22.8 Å². The van der Waals surface area contributed by atoms with Gasteiger partial charge in [0.1, 0.15) is 12.4 Å². The van der Waals surface area contributed by atoms with Crippen LogP contribution in [0.5, 0.6) is 0 Å². The molecular weight excluding hydrogens is 306 g/mol. The van der Waals surface area contributed by atoms with Gasteiger partial charge in [-0.3, -0.25) is 14.2 Å². The molecule has 0 saturated carbocycles.